The van der Waals surface area contributed by atoms with Crippen molar-refractivity contribution in [2.75, 3.05) is 18.1 Å². The minimum Gasteiger partial charge on any atom is -0.399 e. The van der Waals surface area contributed by atoms with Crippen LogP contribution in [0.15, 0.2) is 72.1 Å². The van der Waals surface area contributed by atoms with Gasteiger partial charge in [-0.1, -0.05) is 23.7 Å². The molecule has 4 rings (SSSR count). The normalized spacial score (nSPS) is 21.5. The maximum atomic E-state index is 6.47. The van der Waals surface area contributed by atoms with Gasteiger partial charge < -0.3 is 19.8 Å². The number of nitrogen functional groups attached to an aromatic ring is 1. The van der Waals surface area contributed by atoms with Gasteiger partial charge in [-0.3, -0.25) is 0 Å². The second kappa shape index (κ2) is 9.22. The van der Waals surface area contributed by atoms with Gasteiger partial charge in [-0.2, -0.15) is 0 Å². The number of halogens is 1. The van der Waals surface area contributed by atoms with E-state index in [0.717, 1.165) is 29.3 Å². The van der Waals surface area contributed by atoms with Crippen molar-refractivity contribution in [1.82, 2.24) is 9.55 Å². The third-order valence-electron chi connectivity index (χ3n) is 4.92. The van der Waals surface area contributed by atoms with Crippen molar-refractivity contribution < 1.29 is 9.47 Å². The van der Waals surface area contributed by atoms with E-state index in [9.17, 15) is 0 Å². The van der Waals surface area contributed by atoms with E-state index in [0.29, 0.717) is 13.2 Å². The number of hydrogen-bond donors (Lipinski definition) is 1. The topological polar surface area (TPSA) is 62.3 Å². The fourth-order valence-electron chi connectivity index (χ4n) is 3.39. The van der Waals surface area contributed by atoms with Gasteiger partial charge in [0.1, 0.15) is 0 Å². The molecular formula is C22H24ClN3O2S. The lowest BCUT2D eigenvalue weighted by atomic mass is 10.0. The average molecular weight is 430 g/mol. The number of benzene rings is 2. The predicted octanol–water partition coefficient (Wildman–Crippen LogP) is 4.66. The van der Waals surface area contributed by atoms with E-state index in [4.69, 9.17) is 26.8 Å². The smallest absolute Gasteiger partial charge is 0.187 e. The zero-order chi connectivity index (χ0) is 20.1. The van der Waals surface area contributed by atoms with Gasteiger partial charge in [0, 0.05) is 40.2 Å². The number of aromatic nitrogens is 2. The molecule has 0 spiro atoms. The van der Waals surface area contributed by atoms with E-state index >= 15 is 0 Å². The van der Waals surface area contributed by atoms with Gasteiger partial charge in [-0.05, 0) is 48.4 Å². The van der Waals surface area contributed by atoms with E-state index in [1.165, 1.54) is 10.5 Å². The van der Waals surface area contributed by atoms with Crippen LogP contribution < -0.4 is 5.73 Å². The van der Waals surface area contributed by atoms with Crippen molar-refractivity contribution in [1.29, 1.82) is 0 Å². The molecule has 1 unspecified atom stereocenters. The van der Waals surface area contributed by atoms with Crippen LogP contribution in [0.2, 0.25) is 5.02 Å². The molecule has 2 heterocycles. The highest BCUT2D eigenvalue weighted by Gasteiger charge is 2.41. The van der Waals surface area contributed by atoms with E-state index in [1.807, 2.05) is 47.2 Å². The number of aryl methyl sites for hydroxylation is 1. The lowest BCUT2D eigenvalue weighted by Gasteiger charge is -2.28. The molecule has 5 nitrogen and oxygen atoms in total. The van der Waals surface area contributed by atoms with Crippen LogP contribution in [-0.4, -0.2) is 33.8 Å². The minimum absolute atomic E-state index is 0.0336. The molecule has 2 aromatic carbocycles. The van der Waals surface area contributed by atoms with Gasteiger partial charge in [0.05, 0.1) is 25.6 Å². The lowest BCUT2D eigenvalue weighted by Crippen LogP contribution is -2.37. The second-order valence-electron chi connectivity index (χ2n) is 7.20. The Hall–Kier alpha value is -1.99. The molecule has 0 radical (unpaired) electrons. The lowest BCUT2D eigenvalue weighted by molar-refractivity contribution is -0.180. The molecule has 1 aromatic heterocycles. The molecule has 1 aliphatic rings. The highest BCUT2D eigenvalue weighted by atomic mass is 35.5. The molecule has 3 aromatic rings. The minimum atomic E-state index is -0.660. The monoisotopic (exact) mass is 429 g/mol. The van der Waals surface area contributed by atoms with E-state index in [-0.39, 0.29) is 6.10 Å². The van der Waals surface area contributed by atoms with Crippen LogP contribution in [0.3, 0.4) is 0 Å². The Kier molecular flexibility index (Phi) is 6.45. The zero-order valence-electron chi connectivity index (χ0n) is 16.0. The first-order valence-electron chi connectivity index (χ1n) is 9.61. The van der Waals surface area contributed by atoms with Gasteiger partial charge in [0.25, 0.3) is 0 Å². The van der Waals surface area contributed by atoms with Crippen molar-refractivity contribution in [2.24, 2.45) is 0 Å². The first-order chi connectivity index (χ1) is 14.1. The summed E-state index contributed by atoms with van der Waals surface area (Å²) in [5, 5.41) is 0.745. The first-order valence-corrected chi connectivity index (χ1v) is 11.0. The SMILES string of the molecule is Nc1ccc(SCC2CO[C@@](CCc3ccc(Cl)cc3)(Cn3ccnc3)O2)cc1. The summed E-state index contributed by atoms with van der Waals surface area (Å²) in [5.74, 6) is 0.170. The number of hydrogen-bond acceptors (Lipinski definition) is 5. The van der Waals surface area contributed by atoms with Crippen LogP contribution in [0.25, 0.3) is 0 Å². The van der Waals surface area contributed by atoms with Crippen LogP contribution in [-0.2, 0) is 22.4 Å². The second-order valence-corrected chi connectivity index (χ2v) is 8.73. The van der Waals surface area contributed by atoms with Crippen LogP contribution in [0.4, 0.5) is 5.69 Å². The van der Waals surface area contributed by atoms with E-state index in [1.54, 1.807) is 24.3 Å². The molecule has 2 atom stereocenters. The number of nitrogens with zero attached hydrogens (tertiary/aromatic N) is 2. The summed E-state index contributed by atoms with van der Waals surface area (Å²) in [6.45, 7) is 1.20. The molecular weight excluding hydrogens is 406 g/mol. The van der Waals surface area contributed by atoms with E-state index < -0.39 is 5.79 Å². The Balaban J connectivity index is 1.40. The van der Waals surface area contributed by atoms with Gasteiger partial charge in [0.15, 0.2) is 5.79 Å². The first kappa shape index (κ1) is 20.3. The molecule has 0 saturated carbocycles. The molecule has 152 valence electrons. The Labute approximate surface area is 180 Å². The van der Waals surface area contributed by atoms with Crippen molar-refractivity contribution in [3.05, 3.63) is 77.8 Å². The highest BCUT2D eigenvalue weighted by molar-refractivity contribution is 7.99. The Bertz CT molecular complexity index is 903. The van der Waals surface area contributed by atoms with Crippen molar-refractivity contribution in [3.63, 3.8) is 0 Å². The highest BCUT2D eigenvalue weighted by Crippen LogP contribution is 2.33. The summed E-state index contributed by atoms with van der Waals surface area (Å²) >= 11 is 7.76. The number of anilines is 1. The van der Waals surface area contributed by atoms with Gasteiger partial charge >= 0.3 is 0 Å². The number of imidazole rings is 1. The van der Waals surface area contributed by atoms with Crippen molar-refractivity contribution in [3.8, 4) is 0 Å². The van der Waals surface area contributed by atoms with Gasteiger partial charge in [-0.15, -0.1) is 11.8 Å². The van der Waals surface area contributed by atoms with Crippen LogP contribution in [0, 0.1) is 0 Å². The quantitative estimate of drug-likeness (QED) is 0.417. The number of rotatable bonds is 8. The Morgan fingerprint density at radius 2 is 1.97 bits per heavy atom. The average Bonchev–Trinajstić information content (AvgIpc) is 3.38. The van der Waals surface area contributed by atoms with Gasteiger partial charge in [-0.25, -0.2) is 4.98 Å². The molecule has 0 amide bonds. The molecule has 29 heavy (non-hydrogen) atoms. The third-order valence-corrected chi connectivity index (χ3v) is 6.32. The molecule has 0 aliphatic carbocycles. The Morgan fingerprint density at radius 3 is 2.69 bits per heavy atom. The molecule has 1 fully saturated rings. The zero-order valence-corrected chi connectivity index (χ0v) is 17.6. The summed E-state index contributed by atoms with van der Waals surface area (Å²) in [4.78, 5) is 5.33. The largest absolute Gasteiger partial charge is 0.399 e. The van der Waals surface area contributed by atoms with Crippen LogP contribution in [0.1, 0.15) is 12.0 Å². The maximum Gasteiger partial charge on any atom is 0.187 e. The Morgan fingerprint density at radius 1 is 1.17 bits per heavy atom. The van der Waals surface area contributed by atoms with Crippen molar-refractivity contribution in [2.45, 2.75) is 36.2 Å². The number of thioether (sulfide) groups is 1. The van der Waals surface area contributed by atoms with Gasteiger partial charge in [0.2, 0.25) is 0 Å². The molecule has 1 saturated heterocycles. The van der Waals surface area contributed by atoms with Crippen LogP contribution >= 0.6 is 23.4 Å². The summed E-state index contributed by atoms with van der Waals surface area (Å²) in [5.41, 5.74) is 7.75. The maximum absolute atomic E-state index is 6.47. The van der Waals surface area contributed by atoms with Crippen molar-refractivity contribution >= 4 is 29.1 Å². The fraction of sp³-hybridized carbons (Fsp3) is 0.318. The fourth-order valence-corrected chi connectivity index (χ4v) is 4.39. The number of nitrogens with two attached hydrogens (primary N) is 1. The summed E-state index contributed by atoms with van der Waals surface area (Å²) < 4.78 is 14.7. The summed E-state index contributed by atoms with van der Waals surface area (Å²) in [6, 6.07) is 15.9. The number of ether oxygens (including phenoxy) is 2. The van der Waals surface area contributed by atoms with E-state index in [2.05, 4.69) is 17.1 Å². The molecule has 2 N–H and O–H groups in total. The molecule has 1 aliphatic heterocycles. The summed E-state index contributed by atoms with van der Waals surface area (Å²) in [7, 11) is 0. The molecule has 7 heteroatoms. The third kappa shape index (κ3) is 5.54. The molecule has 0 bridgehead atoms. The predicted molar refractivity (Wildman–Crippen MR) is 117 cm³/mol. The standard InChI is InChI=1S/C22H24ClN3O2S/c23-18-3-1-17(2-4-18)9-10-22(15-26-12-11-25-16-26)27-13-20(28-22)14-29-21-7-5-19(24)6-8-21/h1-8,11-12,16,20H,9-10,13-15,24H2/t20?,22-/m1/s1. The summed E-state index contributed by atoms with van der Waals surface area (Å²) in [6.07, 6.45) is 7.15. The van der Waals surface area contributed by atoms with Crippen LogP contribution in [0.5, 0.6) is 0 Å².